The van der Waals surface area contributed by atoms with E-state index in [-0.39, 0.29) is 18.4 Å². The standard InChI is InChI=1S/C27H40N2O4/c1-20(2)23-16-25(33-26(17-23)32-19-22-8-6-21(18-30)7-9-22)27(31)29-14-10-24(11-15-29)28-12-4-3-5-13-28/h6-9,16,20,23-24,26,30H,3-5,10-15,17-19H2,1-2H3/t23-,26+/m0/s1. The molecule has 3 heterocycles. The highest BCUT2D eigenvalue weighted by atomic mass is 16.7. The molecular weight excluding hydrogens is 416 g/mol. The Labute approximate surface area is 198 Å². The van der Waals surface area contributed by atoms with Crippen molar-refractivity contribution >= 4 is 5.91 Å². The van der Waals surface area contributed by atoms with Crippen molar-refractivity contribution in [2.75, 3.05) is 26.2 Å². The number of hydrogen-bond donors (Lipinski definition) is 1. The number of rotatable bonds is 7. The molecule has 0 radical (unpaired) electrons. The van der Waals surface area contributed by atoms with Crippen LogP contribution in [0.1, 0.15) is 63.5 Å². The van der Waals surface area contributed by atoms with Crippen molar-refractivity contribution in [3.8, 4) is 0 Å². The van der Waals surface area contributed by atoms with Gasteiger partial charge in [-0.15, -0.1) is 0 Å². The van der Waals surface area contributed by atoms with E-state index in [9.17, 15) is 9.90 Å². The molecule has 1 aromatic rings. The van der Waals surface area contributed by atoms with Crippen LogP contribution >= 0.6 is 0 Å². The van der Waals surface area contributed by atoms with Gasteiger partial charge in [-0.3, -0.25) is 4.79 Å². The molecular formula is C27H40N2O4. The zero-order valence-corrected chi connectivity index (χ0v) is 20.2. The molecule has 2 saturated heterocycles. The molecule has 0 aliphatic carbocycles. The number of aliphatic hydroxyl groups is 1. The second-order valence-corrected chi connectivity index (χ2v) is 10.1. The summed E-state index contributed by atoms with van der Waals surface area (Å²) in [5, 5.41) is 9.22. The van der Waals surface area contributed by atoms with Crippen molar-refractivity contribution < 1.29 is 19.4 Å². The number of benzene rings is 1. The summed E-state index contributed by atoms with van der Waals surface area (Å²) in [6.45, 7) is 8.85. The van der Waals surface area contributed by atoms with Crippen LogP contribution in [0.2, 0.25) is 0 Å². The van der Waals surface area contributed by atoms with Gasteiger partial charge in [0.25, 0.3) is 5.91 Å². The van der Waals surface area contributed by atoms with Gasteiger partial charge < -0.3 is 24.4 Å². The van der Waals surface area contributed by atoms with Gasteiger partial charge in [-0.25, -0.2) is 0 Å². The first-order chi connectivity index (χ1) is 16.0. The number of ether oxygens (including phenoxy) is 2. The lowest BCUT2D eigenvalue weighted by molar-refractivity contribution is -0.160. The van der Waals surface area contributed by atoms with E-state index in [1.807, 2.05) is 35.2 Å². The summed E-state index contributed by atoms with van der Waals surface area (Å²) in [4.78, 5) is 17.9. The minimum atomic E-state index is -0.426. The summed E-state index contributed by atoms with van der Waals surface area (Å²) in [5.74, 6) is 1.14. The molecule has 2 atom stereocenters. The second-order valence-electron chi connectivity index (χ2n) is 10.1. The van der Waals surface area contributed by atoms with Crippen LogP contribution < -0.4 is 0 Å². The predicted molar refractivity (Wildman–Crippen MR) is 128 cm³/mol. The topological polar surface area (TPSA) is 62.2 Å². The summed E-state index contributed by atoms with van der Waals surface area (Å²) >= 11 is 0. The third kappa shape index (κ3) is 6.37. The molecule has 6 nitrogen and oxygen atoms in total. The third-order valence-corrected chi connectivity index (χ3v) is 7.46. The van der Waals surface area contributed by atoms with Crippen molar-refractivity contribution in [3.63, 3.8) is 0 Å². The van der Waals surface area contributed by atoms with Crippen molar-refractivity contribution in [2.45, 2.75) is 77.9 Å². The summed E-state index contributed by atoms with van der Waals surface area (Å²) in [7, 11) is 0. The smallest absolute Gasteiger partial charge is 0.288 e. The van der Waals surface area contributed by atoms with Gasteiger partial charge in [-0.2, -0.15) is 0 Å². The molecule has 6 heteroatoms. The van der Waals surface area contributed by atoms with Crippen LogP contribution in [0.3, 0.4) is 0 Å². The number of amides is 1. The molecule has 1 N–H and O–H groups in total. The van der Waals surface area contributed by atoms with E-state index in [1.165, 1.54) is 32.4 Å². The highest BCUT2D eigenvalue weighted by Crippen LogP contribution is 2.31. The van der Waals surface area contributed by atoms with Gasteiger partial charge in [0.2, 0.25) is 6.29 Å². The maximum Gasteiger partial charge on any atom is 0.288 e. The lowest BCUT2D eigenvalue weighted by Gasteiger charge is -2.40. The molecule has 0 bridgehead atoms. The number of likely N-dealkylation sites (tertiary alicyclic amines) is 2. The molecule has 0 saturated carbocycles. The Bertz CT molecular complexity index is 793. The number of nitrogens with zero attached hydrogens (tertiary/aromatic N) is 2. The summed E-state index contributed by atoms with van der Waals surface area (Å²) in [6, 6.07) is 8.34. The first kappa shape index (κ1) is 24.2. The van der Waals surface area contributed by atoms with Crippen LogP contribution in [0, 0.1) is 11.8 Å². The number of piperidine rings is 2. The number of hydrogen-bond acceptors (Lipinski definition) is 5. The van der Waals surface area contributed by atoms with Crippen LogP contribution in [0.4, 0.5) is 0 Å². The SMILES string of the molecule is CC(C)[C@H]1C=C(C(=O)N2CCC(N3CCCCC3)CC2)O[C@@H](OCc2ccc(CO)cc2)C1. The normalized spacial score (nSPS) is 25.1. The van der Waals surface area contributed by atoms with E-state index in [2.05, 4.69) is 18.7 Å². The van der Waals surface area contributed by atoms with Crippen LogP contribution in [0.25, 0.3) is 0 Å². The van der Waals surface area contributed by atoms with E-state index in [1.54, 1.807) is 0 Å². The average Bonchev–Trinajstić information content (AvgIpc) is 2.87. The molecule has 3 aliphatic rings. The van der Waals surface area contributed by atoms with Crippen LogP contribution in [-0.4, -0.2) is 59.3 Å². The van der Waals surface area contributed by atoms with E-state index < -0.39 is 6.29 Å². The van der Waals surface area contributed by atoms with Gasteiger partial charge in [0.1, 0.15) is 0 Å². The average molecular weight is 457 g/mol. The first-order valence-corrected chi connectivity index (χ1v) is 12.8. The largest absolute Gasteiger partial charge is 0.459 e. The monoisotopic (exact) mass is 456 g/mol. The lowest BCUT2D eigenvalue weighted by atomic mass is 9.90. The highest BCUT2D eigenvalue weighted by Gasteiger charge is 2.34. The van der Waals surface area contributed by atoms with Crippen LogP contribution in [0.5, 0.6) is 0 Å². The Morgan fingerprint density at radius 3 is 2.36 bits per heavy atom. The van der Waals surface area contributed by atoms with Crippen LogP contribution in [0.15, 0.2) is 36.1 Å². The number of allylic oxidation sites excluding steroid dienone is 1. The molecule has 1 amide bonds. The fraction of sp³-hybridized carbons (Fsp3) is 0.667. The Hall–Kier alpha value is -1.89. The molecule has 0 unspecified atom stereocenters. The minimum Gasteiger partial charge on any atom is -0.459 e. The molecule has 0 aromatic heterocycles. The molecule has 182 valence electrons. The van der Waals surface area contributed by atoms with E-state index in [0.717, 1.165) is 43.5 Å². The van der Waals surface area contributed by atoms with Gasteiger partial charge in [-0.1, -0.05) is 44.5 Å². The first-order valence-electron chi connectivity index (χ1n) is 12.8. The molecule has 3 aliphatic heterocycles. The van der Waals surface area contributed by atoms with Crippen molar-refractivity contribution in [1.29, 1.82) is 0 Å². The maximum atomic E-state index is 13.3. The molecule has 2 fully saturated rings. The van der Waals surface area contributed by atoms with Gasteiger partial charge >= 0.3 is 0 Å². The molecule has 1 aromatic carbocycles. The lowest BCUT2D eigenvalue weighted by Crippen LogP contribution is -2.49. The van der Waals surface area contributed by atoms with E-state index in [4.69, 9.17) is 9.47 Å². The van der Waals surface area contributed by atoms with E-state index >= 15 is 0 Å². The van der Waals surface area contributed by atoms with Gasteiger partial charge in [-0.05, 0) is 67.8 Å². The van der Waals surface area contributed by atoms with Crippen LogP contribution in [-0.2, 0) is 27.5 Å². The molecule has 0 spiro atoms. The fourth-order valence-electron chi connectivity index (χ4n) is 5.21. The van der Waals surface area contributed by atoms with Crippen molar-refractivity contribution in [1.82, 2.24) is 9.80 Å². The molecule has 4 rings (SSSR count). The second kappa shape index (κ2) is 11.5. The van der Waals surface area contributed by atoms with Gasteiger partial charge in [0, 0.05) is 25.6 Å². The molecule has 33 heavy (non-hydrogen) atoms. The predicted octanol–water partition coefficient (Wildman–Crippen LogP) is 4.07. The highest BCUT2D eigenvalue weighted by molar-refractivity contribution is 5.91. The zero-order chi connectivity index (χ0) is 23.2. The third-order valence-electron chi connectivity index (χ3n) is 7.46. The Kier molecular flexibility index (Phi) is 8.45. The number of carbonyl (C=O) groups is 1. The quantitative estimate of drug-likeness (QED) is 0.670. The maximum absolute atomic E-state index is 13.3. The fourth-order valence-corrected chi connectivity index (χ4v) is 5.21. The van der Waals surface area contributed by atoms with Gasteiger partial charge in [0.15, 0.2) is 5.76 Å². The minimum absolute atomic E-state index is 0.0124. The summed E-state index contributed by atoms with van der Waals surface area (Å²) < 4.78 is 12.2. The summed E-state index contributed by atoms with van der Waals surface area (Å²) in [5.41, 5.74) is 1.91. The van der Waals surface area contributed by atoms with E-state index in [0.29, 0.717) is 24.3 Å². The van der Waals surface area contributed by atoms with Crippen molar-refractivity contribution in [3.05, 3.63) is 47.2 Å². The Morgan fingerprint density at radius 1 is 1.06 bits per heavy atom. The Balaban J connectivity index is 1.33. The number of aliphatic hydroxyl groups excluding tert-OH is 1. The number of carbonyl (C=O) groups excluding carboxylic acids is 1. The van der Waals surface area contributed by atoms with Gasteiger partial charge in [0.05, 0.1) is 13.2 Å². The zero-order valence-electron chi connectivity index (χ0n) is 20.2. The summed E-state index contributed by atoms with van der Waals surface area (Å²) in [6.07, 6.45) is 8.43. The Morgan fingerprint density at radius 2 is 1.73 bits per heavy atom. The van der Waals surface area contributed by atoms with Crippen molar-refractivity contribution in [2.24, 2.45) is 11.8 Å².